The molecule has 166 valence electrons. The lowest BCUT2D eigenvalue weighted by atomic mass is 10.1. The second-order valence-electron chi connectivity index (χ2n) is 8.38. The van der Waals surface area contributed by atoms with E-state index in [2.05, 4.69) is 26.5 Å². The number of rotatable bonds is 8. The number of carbonyl (C=O) groups is 2. The van der Waals surface area contributed by atoms with Crippen LogP contribution >= 0.6 is 0 Å². The zero-order chi connectivity index (χ0) is 23.0. The van der Waals surface area contributed by atoms with Crippen molar-refractivity contribution in [2.24, 2.45) is 0 Å². The molecular weight excluding hydrogens is 404 g/mol. The lowest BCUT2D eigenvalue weighted by Crippen LogP contribution is -2.44. The van der Waals surface area contributed by atoms with Gasteiger partial charge in [-0.3, -0.25) is 4.48 Å². The minimum absolute atomic E-state index is 0.117. The highest BCUT2D eigenvalue weighted by molar-refractivity contribution is 5.83. The summed E-state index contributed by atoms with van der Waals surface area (Å²) < 4.78 is 11.5. The van der Waals surface area contributed by atoms with E-state index in [1.54, 1.807) is 12.1 Å². The van der Waals surface area contributed by atoms with Crippen LogP contribution in [0.25, 0.3) is 0 Å². The highest BCUT2D eigenvalue weighted by Gasteiger charge is 2.24. The molecule has 0 aliphatic rings. The molecule has 3 aromatic carbocycles. The van der Waals surface area contributed by atoms with Crippen LogP contribution < -0.4 is 14.5 Å². The van der Waals surface area contributed by atoms with Gasteiger partial charge in [-0.2, -0.15) is 0 Å². The number of alkyl carbamates (subject to hydrolysis) is 1. The molecule has 32 heavy (non-hydrogen) atoms. The molecular formula is C26H29N2O4+. The fraction of sp³-hybridized carbons (Fsp3) is 0.231. The Labute approximate surface area is 189 Å². The highest BCUT2D eigenvalue weighted by atomic mass is 16.6. The van der Waals surface area contributed by atoms with Gasteiger partial charge in [-0.05, 0) is 23.3 Å². The number of nitrogens with one attached hydrogen (secondary N) is 1. The van der Waals surface area contributed by atoms with Crippen molar-refractivity contribution in [2.45, 2.75) is 19.1 Å². The number of esters is 1. The van der Waals surface area contributed by atoms with E-state index in [-0.39, 0.29) is 13.0 Å². The van der Waals surface area contributed by atoms with Crippen molar-refractivity contribution >= 4 is 17.7 Å². The summed E-state index contributed by atoms with van der Waals surface area (Å²) in [7, 11) is 6.17. The molecule has 0 fully saturated rings. The molecule has 6 heteroatoms. The third kappa shape index (κ3) is 6.96. The molecule has 0 saturated carbocycles. The number of benzene rings is 3. The summed E-state index contributed by atoms with van der Waals surface area (Å²) in [5, 5.41) is 2.65. The van der Waals surface area contributed by atoms with Crippen LogP contribution in [0.4, 0.5) is 10.5 Å². The average molecular weight is 434 g/mol. The third-order valence-electron chi connectivity index (χ3n) is 4.90. The van der Waals surface area contributed by atoms with Gasteiger partial charge in [-0.25, -0.2) is 9.59 Å². The fourth-order valence-electron chi connectivity index (χ4n) is 3.10. The van der Waals surface area contributed by atoms with Gasteiger partial charge in [-0.1, -0.05) is 60.7 Å². The Morgan fingerprint density at radius 3 is 1.94 bits per heavy atom. The number of carbonyl (C=O) groups excluding carboxylic acids is 2. The number of hydrogen-bond donors (Lipinski definition) is 1. The first-order chi connectivity index (χ1) is 15.3. The van der Waals surface area contributed by atoms with Gasteiger partial charge in [0.1, 0.15) is 24.1 Å². The quantitative estimate of drug-likeness (QED) is 0.326. The fourth-order valence-corrected chi connectivity index (χ4v) is 3.10. The summed E-state index contributed by atoms with van der Waals surface area (Å²) in [4.78, 5) is 25.3. The van der Waals surface area contributed by atoms with Crippen molar-refractivity contribution in [3.8, 4) is 5.75 Å². The maximum atomic E-state index is 12.9. The van der Waals surface area contributed by atoms with Gasteiger partial charge >= 0.3 is 12.1 Å². The lowest BCUT2D eigenvalue weighted by molar-refractivity contribution is -0.136. The Balaban J connectivity index is 1.67. The Bertz CT molecular complexity index is 1010. The average Bonchev–Trinajstić information content (AvgIpc) is 2.78. The maximum Gasteiger partial charge on any atom is 0.408 e. The predicted octanol–water partition coefficient (Wildman–Crippen LogP) is 4.33. The maximum absolute atomic E-state index is 12.9. The Morgan fingerprint density at radius 1 is 0.812 bits per heavy atom. The topological polar surface area (TPSA) is 64.6 Å². The molecule has 1 N–H and O–H groups in total. The van der Waals surface area contributed by atoms with Crippen LogP contribution in [0.5, 0.6) is 5.75 Å². The van der Waals surface area contributed by atoms with Gasteiger partial charge in [0.25, 0.3) is 0 Å². The molecule has 0 saturated heterocycles. The van der Waals surface area contributed by atoms with Crippen molar-refractivity contribution in [2.75, 3.05) is 21.1 Å². The summed E-state index contributed by atoms with van der Waals surface area (Å²) >= 11 is 0. The van der Waals surface area contributed by atoms with Crippen LogP contribution in [0, 0.1) is 0 Å². The van der Waals surface area contributed by atoms with Gasteiger partial charge in [0.2, 0.25) is 0 Å². The largest absolute Gasteiger partial charge is 0.445 e. The normalized spacial score (nSPS) is 12.0. The lowest BCUT2D eigenvalue weighted by Gasteiger charge is -2.23. The van der Waals surface area contributed by atoms with Crippen molar-refractivity contribution in [3.63, 3.8) is 0 Å². The molecule has 0 unspecified atom stereocenters. The van der Waals surface area contributed by atoms with Crippen LogP contribution in [0.2, 0.25) is 0 Å². The molecule has 0 heterocycles. The zero-order valence-electron chi connectivity index (χ0n) is 18.7. The molecule has 6 nitrogen and oxygen atoms in total. The van der Waals surface area contributed by atoms with E-state index >= 15 is 0 Å². The first-order valence-electron chi connectivity index (χ1n) is 10.5. The van der Waals surface area contributed by atoms with E-state index in [0.717, 1.165) is 16.8 Å². The molecule has 0 spiro atoms. The zero-order valence-corrected chi connectivity index (χ0v) is 18.7. The SMILES string of the molecule is C[N+](C)(C)c1ccc(OC(=O)[C@@H](Cc2ccccc2)NC(=O)OCc2ccccc2)cc1. The number of nitrogens with zero attached hydrogens (tertiary/aromatic N) is 1. The van der Waals surface area contributed by atoms with Crippen LogP contribution in [0.15, 0.2) is 84.9 Å². The van der Waals surface area contributed by atoms with Crippen LogP contribution in [0.1, 0.15) is 11.1 Å². The van der Waals surface area contributed by atoms with Crippen molar-refractivity contribution in [3.05, 3.63) is 96.1 Å². The molecule has 1 atom stereocenters. The molecule has 3 rings (SSSR count). The van der Waals surface area contributed by atoms with Gasteiger partial charge in [0.05, 0.1) is 21.1 Å². The van der Waals surface area contributed by atoms with E-state index in [9.17, 15) is 9.59 Å². The molecule has 3 aromatic rings. The monoisotopic (exact) mass is 433 g/mol. The smallest absolute Gasteiger partial charge is 0.408 e. The van der Waals surface area contributed by atoms with Gasteiger partial charge in [0, 0.05) is 18.6 Å². The van der Waals surface area contributed by atoms with E-state index in [1.807, 2.05) is 72.8 Å². The van der Waals surface area contributed by atoms with Gasteiger partial charge in [-0.15, -0.1) is 0 Å². The molecule has 0 bridgehead atoms. The van der Waals surface area contributed by atoms with Crippen LogP contribution in [-0.2, 0) is 22.6 Å². The van der Waals surface area contributed by atoms with Crippen molar-refractivity contribution in [1.29, 1.82) is 0 Å². The molecule has 0 aliphatic carbocycles. The molecule has 1 amide bonds. The third-order valence-corrected chi connectivity index (χ3v) is 4.90. The van der Waals surface area contributed by atoms with Crippen LogP contribution in [0.3, 0.4) is 0 Å². The van der Waals surface area contributed by atoms with E-state index in [4.69, 9.17) is 9.47 Å². The standard InChI is InChI=1S/C26H28N2O4/c1-28(2,3)22-14-16-23(17-15-22)32-25(29)24(18-20-10-6-4-7-11-20)27-26(30)31-19-21-12-8-5-9-13-21/h4-17,24H,18-19H2,1-3H3/p+1/t24-/m1/s1. The van der Waals surface area contributed by atoms with Gasteiger partial charge in [0.15, 0.2) is 0 Å². The van der Waals surface area contributed by atoms with Gasteiger partial charge < -0.3 is 14.8 Å². The first kappa shape index (κ1) is 23.0. The summed E-state index contributed by atoms with van der Waals surface area (Å²) in [6.07, 6.45) is -0.385. The van der Waals surface area contributed by atoms with Crippen molar-refractivity contribution < 1.29 is 19.1 Å². The number of quaternary nitrogens is 1. The summed E-state index contributed by atoms with van der Waals surface area (Å²) in [6, 6.07) is 25.3. The van der Waals surface area contributed by atoms with E-state index in [0.29, 0.717) is 10.2 Å². The highest BCUT2D eigenvalue weighted by Crippen LogP contribution is 2.21. The minimum Gasteiger partial charge on any atom is -0.445 e. The number of amides is 1. The Hall–Kier alpha value is -3.64. The summed E-state index contributed by atoms with van der Waals surface area (Å²) in [6.45, 7) is 0.117. The second kappa shape index (κ2) is 10.6. The summed E-state index contributed by atoms with van der Waals surface area (Å²) in [5.41, 5.74) is 2.84. The molecule has 0 aromatic heterocycles. The summed E-state index contributed by atoms with van der Waals surface area (Å²) in [5.74, 6) is -0.131. The molecule has 0 radical (unpaired) electrons. The molecule has 0 aliphatic heterocycles. The van der Waals surface area contributed by atoms with E-state index in [1.165, 1.54) is 0 Å². The van der Waals surface area contributed by atoms with Crippen molar-refractivity contribution in [1.82, 2.24) is 9.80 Å². The Morgan fingerprint density at radius 2 is 1.38 bits per heavy atom. The second-order valence-corrected chi connectivity index (χ2v) is 8.38. The minimum atomic E-state index is -0.890. The first-order valence-corrected chi connectivity index (χ1v) is 10.5. The van der Waals surface area contributed by atoms with E-state index < -0.39 is 18.1 Å². The number of hydrogen-bond acceptors (Lipinski definition) is 4. The number of ether oxygens (including phenoxy) is 2. The Kier molecular flexibility index (Phi) is 7.63. The predicted molar refractivity (Wildman–Crippen MR) is 125 cm³/mol. The van der Waals surface area contributed by atoms with Crippen LogP contribution in [-0.4, -0.2) is 39.2 Å².